The zero-order chi connectivity index (χ0) is 17.0. The number of amides is 1. The van der Waals surface area contributed by atoms with Crippen molar-refractivity contribution in [2.75, 3.05) is 26.5 Å². The molecule has 1 aliphatic rings. The SMILES string of the molecule is COc1ccc(C)cc1CNC(=O)C1CCN(S(C)(=O)=O)CC1. The molecule has 1 saturated heterocycles. The molecule has 23 heavy (non-hydrogen) atoms. The summed E-state index contributed by atoms with van der Waals surface area (Å²) in [7, 11) is -1.55. The first-order chi connectivity index (χ1) is 10.8. The normalized spacial score (nSPS) is 17.0. The number of piperidine rings is 1. The average molecular weight is 340 g/mol. The molecule has 1 N–H and O–H groups in total. The molecular weight excluding hydrogens is 316 g/mol. The summed E-state index contributed by atoms with van der Waals surface area (Å²) in [6.45, 7) is 3.22. The Morgan fingerprint density at radius 2 is 2.00 bits per heavy atom. The maximum Gasteiger partial charge on any atom is 0.223 e. The van der Waals surface area contributed by atoms with Gasteiger partial charge < -0.3 is 10.1 Å². The molecule has 1 aliphatic heterocycles. The minimum atomic E-state index is -3.16. The van der Waals surface area contributed by atoms with Crippen LogP contribution in [0.3, 0.4) is 0 Å². The molecule has 1 amide bonds. The Balaban J connectivity index is 1.90. The minimum Gasteiger partial charge on any atom is -0.496 e. The quantitative estimate of drug-likeness (QED) is 0.876. The highest BCUT2D eigenvalue weighted by molar-refractivity contribution is 7.88. The first kappa shape index (κ1) is 17.7. The predicted molar refractivity (Wildman–Crippen MR) is 88.7 cm³/mol. The topological polar surface area (TPSA) is 75.7 Å². The van der Waals surface area contributed by atoms with Gasteiger partial charge in [-0.1, -0.05) is 17.7 Å². The van der Waals surface area contributed by atoms with Crippen molar-refractivity contribution in [2.24, 2.45) is 5.92 Å². The molecule has 2 rings (SSSR count). The summed E-state index contributed by atoms with van der Waals surface area (Å²) in [5, 5.41) is 2.94. The van der Waals surface area contributed by atoms with Crippen molar-refractivity contribution in [1.82, 2.24) is 9.62 Å². The van der Waals surface area contributed by atoms with Crippen molar-refractivity contribution in [3.05, 3.63) is 29.3 Å². The highest BCUT2D eigenvalue weighted by Crippen LogP contribution is 2.21. The highest BCUT2D eigenvalue weighted by Gasteiger charge is 2.28. The number of carbonyl (C=O) groups is 1. The largest absolute Gasteiger partial charge is 0.496 e. The zero-order valence-corrected chi connectivity index (χ0v) is 14.6. The second-order valence-corrected chi connectivity index (χ2v) is 7.95. The maximum absolute atomic E-state index is 12.3. The van der Waals surface area contributed by atoms with Crippen LogP contribution in [0.4, 0.5) is 0 Å². The summed E-state index contributed by atoms with van der Waals surface area (Å²) >= 11 is 0. The second kappa shape index (κ2) is 7.31. The number of rotatable bonds is 5. The smallest absolute Gasteiger partial charge is 0.223 e. The predicted octanol–water partition coefficient (Wildman–Crippen LogP) is 1.29. The van der Waals surface area contributed by atoms with Crippen molar-refractivity contribution in [3.63, 3.8) is 0 Å². The van der Waals surface area contributed by atoms with Gasteiger partial charge in [0.2, 0.25) is 15.9 Å². The van der Waals surface area contributed by atoms with Crippen molar-refractivity contribution in [3.8, 4) is 5.75 Å². The summed E-state index contributed by atoms with van der Waals surface area (Å²) < 4.78 is 29.7. The van der Waals surface area contributed by atoms with Crippen LogP contribution < -0.4 is 10.1 Å². The fraction of sp³-hybridized carbons (Fsp3) is 0.562. The van der Waals surface area contributed by atoms with E-state index in [0.29, 0.717) is 32.5 Å². The van der Waals surface area contributed by atoms with Crippen molar-refractivity contribution in [2.45, 2.75) is 26.3 Å². The van der Waals surface area contributed by atoms with Crippen LogP contribution in [0.25, 0.3) is 0 Å². The third-order valence-electron chi connectivity index (χ3n) is 4.18. The van der Waals surface area contributed by atoms with Gasteiger partial charge in [-0.3, -0.25) is 4.79 Å². The van der Waals surface area contributed by atoms with Crippen LogP contribution >= 0.6 is 0 Å². The van der Waals surface area contributed by atoms with E-state index in [9.17, 15) is 13.2 Å². The van der Waals surface area contributed by atoms with E-state index in [2.05, 4.69) is 5.32 Å². The van der Waals surface area contributed by atoms with Crippen LogP contribution in [0.1, 0.15) is 24.0 Å². The number of carbonyl (C=O) groups excluding carboxylic acids is 1. The third-order valence-corrected chi connectivity index (χ3v) is 5.49. The number of hydrogen-bond donors (Lipinski definition) is 1. The lowest BCUT2D eigenvalue weighted by molar-refractivity contribution is -0.126. The molecule has 0 bridgehead atoms. The van der Waals surface area contributed by atoms with Gasteiger partial charge in [-0.2, -0.15) is 0 Å². The van der Waals surface area contributed by atoms with E-state index in [4.69, 9.17) is 4.74 Å². The van der Waals surface area contributed by atoms with E-state index in [0.717, 1.165) is 16.9 Å². The highest BCUT2D eigenvalue weighted by atomic mass is 32.2. The molecule has 0 aromatic heterocycles. The van der Waals surface area contributed by atoms with Crippen LogP contribution in [0.5, 0.6) is 5.75 Å². The summed E-state index contributed by atoms with van der Waals surface area (Å²) in [6, 6.07) is 5.85. The summed E-state index contributed by atoms with van der Waals surface area (Å²) in [4.78, 5) is 12.3. The number of sulfonamides is 1. The van der Waals surface area contributed by atoms with E-state index in [1.165, 1.54) is 10.6 Å². The van der Waals surface area contributed by atoms with Crippen LogP contribution in [-0.2, 0) is 21.4 Å². The average Bonchev–Trinajstić information content (AvgIpc) is 2.52. The first-order valence-corrected chi connectivity index (χ1v) is 9.52. The fourth-order valence-corrected chi connectivity index (χ4v) is 3.70. The Bertz CT molecular complexity index is 665. The molecule has 1 fully saturated rings. The van der Waals surface area contributed by atoms with Gasteiger partial charge in [0.05, 0.1) is 13.4 Å². The van der Waals surface area contributed by atoms with Gasteiger partial charge in [-0.15, -0.1) is 0 Å². The van der Waals surface area contributed by atoms with Crippen LogP contribution in [0, 0.1) is 12.8 Å². The molecule has 0 saturated carbocycles. The lowest BCUT2D eigenvalue weighted by Crippen LogP contribution is -2.42. The number of aryl methyl sites for hydroxylation is 1. The Morgan fingerprint density at radius 1 is 1.35 bits per heavy atom. The Labute approximate surface area is 137 Å². The molecule has 0 spiro atoms. The summed E-state index contributed by atoms with van der Waals surface area (Å²) in [5.41, 5.74) is 2.05. The Kier molecular flexibility index (Phi) is 5.64. The molecule has 0 aliphatic carbocycles. The molecule has 0 unspecified atom stereocenters. The van der Waals surface area contributed by atoms with Gasteiger partial charge in [0, 0.05) is 31.1 Å². The van der Waals surface area contributed by atoms with Crippen molar-refractivity contribution >= 4 is 15.9 Å². The van der Waals surface area contributed by atoms with Crippen LogP contribution in [0.15, 0.2) is 18.2 Å². The van der Waals surface area contributed by atoms with E-state index in [1.54, 1.807) is 7.11 Å². The van der Waals surface area contributed by atoms with Crippen LogP contribution in [0.2, 0.25) is 0 Å². The molecule has 1 heterocycles. The number of methoxy groups -OCH3 is 1. The van der Waals surface area contributed by atoms with Crippen molar-refractivity contribution < 1.29 is 17.9 Å². The van der Waals surface area contributed by atoms with Gasteiger partial charge in [0.25, 0.3) is 0 Å². The second-order valence-electron chi connectivity index (χ2n) is 5.97. The number of ether oxygens (including phenoxy) is 1. The van der Waals surface area contributed by atoms with E-state index in [-0.39, 0.29) is 11.8 Å². The zero-order valence-electron chi connectivity index (χ0n) is 13.8. The fourth-order valence-electron chi connectivity index (χ4n) is 2.82. The van der Waals surface area contributed by atoms with Crippen LogP contribution in [-0.4, -0.2) is 45.1 Å². The molecule has 0 atom stereocenters. The molecule has 1 aromatic rings. The first-order valence-electron chi connectivity index (χ1n) is 7.67. The van der Waals surface area contributed by atoms with Gasteiger partial charge in [-0.05, 0) is 25.8 Å². The lowest BCUT2D eigenvalue weighted by Gasteiger charge is -2.29. The molecule has 1 aromatic carbocycles. The van der Waals surface area contributed by atoms with E-state index >= 15 is 0 Å². The summed E-state index contributed by atoms with van der Waals surface area (Å²) in [5.74, 6) is 0.591. The molecule has 7 heteroatoms. The minimum absolute atomic E-state index is 0.0262. The third kappa shape index (κ3) is 4.68. The molecular formula is C16H24N2O4S. The van der Waals surface area contributed by atoms with Gasteiger partial charge in [0.15, 0.2) is 0 Å². The van der Waals surface area contributed by atoms with Crippen molar-refractivity contribution in [1.29, 1.82) is 0 Å². The maximum atomic E-state index is 12.3. The van der Waals surface area contributed by atoms with Gasteiger partial charge >= 0.3 is 0 Å². The van der Waals surface area contributed by atoms with Gasteiger partial charge in [-0.25, -0.2) is 12.7 Å². The number of nitrogens with zero attached hydrogens (tertiary/aromatic N) is 1. The van der Waals surface area contributed by atoms with Gasteiger partial charge in [0.1, 0.15) is 5.75 Å². The monoisotopic (exact) mass is 340 g/mol. The van der Waals surface area contributed by atoms with E-state index in [1.807, 2.05) is 25.1 Å². The number of benzene rings is 1. The molecule has 0 radical (unpaired) electrons. The Hall–Kier alpha value is -1.60. The molecule has 6 nitrogen and oxygen atoms in total. The van der Waals surface area contributed by atoms with E-state index < -0.39 is 10.0 Å². The molecule has 128 valence electrons. The number of hydrogen-bond acceptors (Lipinski definition) is 4. The number of nitrogens with one attached hydrogen (secondary N) is 1. The standard InChI is InChI=1S/C16H24N2O4S/c1-12-4-5-15(22-2)14(10-12)11-17-16(19)13-6-8-18(9-7-13)23(3,20)21/h4-5,10,13H,6-9,11H2,1-3H3,(H,17,19). The lowest BCUT2D eigenvalue weighted by atomic mass is 9.97. The summed E-state index contributed by atoms with van der Waals surface area (Å²) in [6.07, 6.45) is 2.32. The Morgan fingerprint density at radius 3 is 2.57 bits per heavy atom.